The van der Waals surface area contributed by atoms with Gasteiger partial charge in [-0.1, -0.05) is 255 Å². The molecule has 73 heavy (non-hydrogen) atoms. The van der Waals surface area contributed by atoms with E-state index >= 15 is 0 Å². The molecule has 0 spiro atoms. The summed E-state index contributed by atoms with van der Waals surface area (Å²) >= 11 is 0. The highest BCUT2D eigenvalue weighted by molar-refractivity contribution is 6.29. The average molecular weight is 928 g/mol. The summed E-state index contributed by atoms with van der Waals surface area (Å²) in [4.78, 5) is 15.3. The maximum absolute atomic E-state index is 5.15. The summed E-state index contributed by atoms with van der Waals surface area (Å²) in [7, 11) is 0. The number of rotatable bonds is 8. The molecule has 1 aliphatic rings. The molecule has 3 nitrogen and oxygen atoms in total. The van der Waals surface area contributed by atoms with E-state index in [-0.39, 0.29) is 0 Å². The largest absolute Gasteiger partial charge is 0.208 e. The zero-order valence-corrected chi connectivity index (χ0v) is 39.8. The van der Waals surface area contributed by atoms with Crippen LogP contribution in [0.5, 0.6) is 0 Å². The highest BCUT2D eigenvalue weighted by Crippen LogP contribution is 2.57. The number of hydrogen-bond donors (Lipinski definition) is 0. The van der Waals surface area contributed by atoms with E-state index in [9.17, 15) is 0 Å². The fourth-order valence-corrected chi connectivity index (χ4v) is 11.7. The summed E-state index contributed by atoms with van der Waals surface area (Å²) in [5, 5.41) is 7.38. The Morgan fingerprint density at radius 1 is 0.219 bits per heavy atom. The molecule has 0 saturated carbocycles. The maximum atomic E-state index is 5.15. The van der Waals surface area contributed by atoms with Crippen LogP contribution in [-0.4, -0.2) is 15.0 Å². The molecular formula is C70H45N3. The van der Waals surface area contributed by atoms with Gasteiger partial charge in [-0.05, 0) is 117 Å². The fraction of sp³-hybridized carbons (Fsp3) is 0.0143. The van der Waals surface area contributed by atoms with Gasteiger partial charge in [-0.3, -0.25) is 0 Å². The SMILES string of the molecule is c1ccc(-c2ccc(-c3nc(-c4ccccc4)nc(-c4cccc(-c5ccc6c(c5)c5ccccc5c5cccc(-c7ccc8c(c7)C(c7ccccc7)(c7ccccc7)c7ccccc7-8)c56)c4)n3)cc2)cc1. The highest BCUT2D eigenvalue weighted by atomic mass is 15.0. The molecule has 0 atom stereocenters. The third-order valence-corrected chi connectivity index (χ3v) is 15.0. The molecule has 0 unspecified atom stereocenters. The Bertz CT molecular complexity index is 4190. The molecule has 13 aromatic rings. The van der Waals surface area contributed by atoms with Crippen molar-refractivity contribution in [2.45, 2.75) is 5.41 Å². The van der Waals surface area contributed by atoms with Crippen molar-refractivity contribution in [3.05, 3.63) is 295 Å². The van der Waals surface area contributed by atoms with Crippen molar-refractivity contribution in [2.75, 3.05) is 0 Å². The van der Waals surface area contributed by atoms with Gasteiger partial charge in [-0.2, -0.15) is 0 Å². The van der Waals surface area contributed by atoms with Gasteiger partial charge >= 0.3 is 0 Å². The highest BCUT2D eigenvalue weighted by Gasteiger charge is 2.46. The Morgan fingerprint density at radius 3 is 1.34 bits per heavy atom. The lowest BCUT2D eigenvalue weighted by Crippen LogP contribution is -2.28. The van der Waals surface area contributed by atoms with E-state index in [4.69, 9.17) is 15.0 Å². The molecule has 0 amide bonds. The molecule has 1 aliphatic carbocycles. The molecule has 1 aromatic heterocycles. The molecule has 1 heterocycles. The second-order valence-corrected chi connectivity index (χ2v) is 19.0. The Labute approximate surface area is 424 Å². The van der Waals surface area contributed by atoms with Gasteiger partial charge in [-0.15, -0.1) is 0 Å². The first-order valence-corrected chi connectivity index (χ1v) is 25.0. The van der Waals surface area contributed by atoms with Gasteiger partial charge in [0.25, 0.3) is 0 Å². The molecule has 0 fully saturated rings. The minimum atomic E-state index is -0.493. The van der Waals surface area contributed by atoms with E-state index in [0.717, 1.165) is 33.4 Å². The summed E-state index contributed by atoms with van der Waals surface area (Å²) in [5.41, 5.74) is 16.9. The van der Waals surface area contributed by atoms with Crippen LogP contribution in [0.15, 0.2) is 273 Å². The first kappa shape index (κ1) is 42.3. The fourth-order valence-electron chi connectivity index (χ4n) is 11.7. The number of benzene rings is 12. The first-order chi connectivity index (χ1) is 36.2. The van der Waals surface area contributed by atoms with E-state index < -0.39 is 5.41 Å². The Morgan fingerprint density at radius 2 is 0.644 bits per heavy atom. The van der Waals surface area contributed by atoms with E-state index in [0.29, 0.717) is 17.5 Å². The van der Waals surface area contributed by atoms with E-state index in [2.05, 4.69) is 249 Å². The van der Waals surface area contributed by atoms with Crippen LogP contribution in [0.3, 0.4) is 0 Å². The van der Waals surface area contributed by atoms with Gasteiger partial charge in [0, 0.05) is 16.7 Å². The number of fused-ring (bicyclic) bond motifs is 9. The van der Waals surface area contributed by atoms with Crippen LogP contribution >= 0.6 is 0 Å². The van der Waals surface area contributed by atoms with Gasteiger partial charge < -0.3 is 0 Å². The molecule has 0 aliphatic heterocycles. The lowest BCUT2D eigenvalue weighted by atomic mass is 9.67. The van der Waals surface area contributed by atoms with E-state index in [1.54, 1.807) is 0 Å². The lowest BCUT2D eigenvalue weighted by Gasteiger charge is -2.34. The normalized spacial score (nSPS) is 12.5. The van der Waals surface area contributed by atoms with Crippen molar-refractivity contribution in [1.82, 2.24) is 15.0 Å². The van der Waals surface area contributed by atoms with Crippen LogP contribution in [0.2, 0.25) is 0 Å². The molecule has 340 valence electrons. The minimum absolute atomic E-state index is 0.493. The van der Waals surface area contributed by atoms with Gasteiger partial charge in [0.05, 0.1) is 5.41 Å². The average Bonchev–Trinajstić information content (AvgIpc) is 3.78. The quantitative estimate of drug-likeness (QED) is 0.143. The van der Waals surface area contributed by atoms with E-state index in [1.807, 2.05) is 24.3 Å². The zero-order valence-electron chi connectivity index (χ0n) is 39.8. The van der Waals surface area contributed by atoms with Gasteiger partial charge in [0.15, 0.2) is 17.5 Å². The predicted molar refractivity (Wildman–Crippen MR) is 302 cm³/mol. The van der Waals surface area contributed by atoms with Gasteiger partial charge in [0.2, 0.25) is 0 Å². The second kappa shape index (κ2) is 17.4. The topological polar surface area (TPSA) is 38.7 Å². The van der Waals surface area contributed by atoms with Crippen molar-refractivity contribution in [1.29, 1.82) is 0 Å². The smallest absolute Gasteiger partial charge is 0.164 e. The van der Waals surface area contributed by atoms with Crippen LogP contribution in [0.25, 0.3) is 111 Å². The Balaban J connectivity index is 0.915. The lowest BCUT2D eigenvalue weighted by molar-refractivity contribution is 0.769. The number of hydrogen-bond acceptors (Lipinski definition) is 3. The zero-order chi connectivity index (χ0) is 48.3. The van der Waals surface area contributed by atoms with Crippen molar-refractivity contribution < 1.29 is 0 Å². The first-order valence-electron chi connectivity index (χ1n) is 25.0. The minimum Gasteiger partial charge on any atom is -0.208 e. The second-order valence-electron chi connectivity index (χ2n) is 19.0. The molecule has 0 N–H and O–H groups in total. The molecule has 0 saturated heterocycles. The van der Waals surface area contributed by atoms with Crippen LogP contribution in [-0.2, 0) is 5.41 Å². The Kier molecular flexibility index (Phi) is 10.1. The standard InChI is InChI=1S/C70H45N3/c1-5-19-46(20-6-1)47-35-37-49(38-36-47)68-71-67(48-21-7-2-8-22-48)72-69(73-68)53-24-17-23-50(43-53)51-39-42-62-63(44-51)58-30-14-13-29-57(58)61-33-18-32-56(66(61)62)52-40-41-60-59-31-15-16-34-64(59)70(65(60)45-52,54-25-9-3-10-26-54)55-27-11-4-12-28-55/h1-45H. The van der Waals surface area contributed by atoms with Crippen molar-refractivity contribution >= 4 is 32.3 Å². The molecule has 0 radical (unpaired) electrons. The van der Waals surface area contributed by atoms with Crippen molar-refractivity contribution in [3.63, 3.8) is 0 Å². The van der Waals surface area contributed by atoms with E-state index in [1.165, 1.54) is 82.4 Å². The molecule has 0 bridgehead atoms. The third-order valence-electron chi connectivity index (χ3n) is 15.0. The van der Waals surface area contributed by atoms with Crippen LogP contribution in [0.1, 0.15) is 22.3 Å². The van der Waals surface area contributed by atoms with Crippen LogP contribution < -0.4 is 0 Å². The summed E-state index contributed by atoms with van der Waals surface area (Å²) < 4.78 is 0. The van der Waals surface area contributed by atoms with Crippen LogP contribution in [0.4, 0.5) is 0 Å². The molecule has 3 heteroatoms. The molecular weight excluding hydrogens is 883 g/mol. The maximum Gasteiger partial charge on any atom is 0.164 e. The van der Waals surface area contributed by atoms with Crippen molar-refractivity contribution in [2.24, 2.45) is 0 Å². The van der Waals surface area contributed by atoms with Crippen LogP contribution in [0, 0.1) is 0 Å². The summed E-state index contributed by atoms with van der Waals surface area (Å²) in [6.07, 6.45) is 0. The van der Waals surface area contributed by atoms with Gasteiger partial charge in [-0.25, -0.2) is 15.0 Å². The predicted octanol–water partition coefficient (Wildman–Crippen LogP) is 17.7. The molecule has 12 aromatic carbocycles. The summed E-state index contributed by atoms with van der Waals surface area (Å²) in [6, 6.07) is 98.7. The monoisotopic (exact) mass is 927 g/mol. The summed E-state index contributed by atoms with van der Waals surface area (Å²) in [5.74, 6) is 1.89. The Hall–Kier alpha value is -9.57. The number of aromatic nitrogens is 3. The third kappa shape index (κ3) is 7.00. The molecule has 14 rings (SSSR count). The number of nitrogens with zero attached hydrogens (tertiary/aromatic N) is 3. The van der Waals surface area contributed by atoms with Gasteiger partial charge in [0.1, 0.15) is 0 Å². The summed E-state index contributed by atoms with van der Waals surface area (Å²) in [6.45, 7) is 0. The van der Waals surface area contributed by atoms with Crippen molar-refractivity contribution in [3.8, 4) is 78.7 Å².